The molecule has 8 heteroatoms. The molecule has 0 spiro atoms. The van der Waals surface area contributed by atoms with Crippen molar-refractivity contribution >= 4 is 11.6 Å². The van der Waals surface area contributed by atoms with E-state index < -0.39 is 6.23 Å². The Balaban J connectivity index is 1.06. The molecule has 36 heavy (non-hydrogen) atoms. The number of hydrogen-bond donors (Lipinski definition) is 2. The smallest absolute Gasteiger partial charge is 0.324 e. The van der Waals surface area contributed by atoms with E-state index in [4.69, 9.17) is 9.26 Å². The summed E-state index contributed by atoms with van der Waals surface area (Å²) in [5.41, 5.74) is 2.58. The molecule has 1 aromatic heterocycles. The molecule has 3 aliphatic rings. The number of rotatable bonds is 8. The van der Waals surface area contributed by atoms with Gasteiger partial charge in [-0.2, -0.15) is 4.98 Å². The van der Waals surface area contributed by atoms with E-state index in [2.05, 4.69) is 59.2 Å². The fourth-order valence-electron chi connectivity index (χ4n) is 5.55. The van der Waals surface area contributed by atoms with Gasteiger partial charge in [0.2, 0.25) is 0 Å². The molecule has 0 radical (unpaired) electrons. The minimum atomic E-state index is -0.452. The van der Waals surface area contributed by atoms with Gasteiger partial charge in [0.05, 0.1) is 12.7 Å². The van der Waals surface area contributed by atoms with Gasteiger partial charge in [-0.3, -0.25) is 4.90 Å². The normalized spacial score (nSPS) is 24.8. The number of hydrogen-bond acceptors (Lipinski definition) is 8. The van der Waals surface area contributed by atoms with Gasteiger partial charge in [0.1, 0.15) is 12.0 Å². The van der Waals surface area contributed by atoms with E-state index >= 15 is 0 Å². The number of β-amino-alcohol motifs (C(OH)–C–C–N with tert-alkyl or cyclic N) is 1. The van der Waals surface area contributed by atoms with E-state index in [0.29, 0.717) is 18.5 Å². The van der Waals surface area contributed by atoms with Gasteiger partial charge in [-0.15, -0.1) is 0 Å². The molecule has 3 unspecified atom stereocenters. The van der Waals surface area contributed by atoms with Crippen molar-refractivity contribution in [3.8, 4) is 5.75 Å². The van der Waals surface area contributed by atoms with E-state index in [1.54, 1.807) is 0 Å². The van der Waals surface area contributed by atoms with Crippen LogP contribution in [0.25, 0.3) is 5.57 Å². The third-order valence-corrected chi connectivity index (χ3v) is 7.99. The van der Waals surface area contributed by atoms with Crippen molar-refractivity contribution in [3.63, 3.8) is 0 Å². The molecule has 3 heterocycles. The first kappa shape index (κ1) is 25.2. The third kappa shape index (κ3) is 5.93. The molecule has 5 rings (SSSR count). The van der Waals surface area contributed by atoms with E-state index in [1.165, 1.54) is 11.1 Å². The number of aromatic nitrogens is 2. The van der Waals surface area contributed by atoms with Crippen LogP contribution in [0.5, 0.6) is 5.75 Å². The second-order valence-corrected chi connectivity index (χ2v) is 11.0. The van der Waals surface area contributed by atoms with Crippen LogP contribution in [-0.4, -0.2) is 70.4 Å². The lowest BCUT2D eigenvalue weighted by Crippen LogP contribution is -2.40. The van der Waals surface area contributed by atoms with Crippen LogP contribution in [0.2, 0.25) is 0 Å². The summed E-state index contributed by atoms with van der Waals surface area (Å²) in [6, 6.07) is 9.09. The first-order valence-corrected chi connectivity index (χ1v) is 13.6. The molecule has 0 amide bonds. The summed E-state index contributed by atoms with van der Waals surface area (Å²) in [5, 5.41) is 24.5. The first-order chi connectivity index (χ1) is 17.5. The van der Waals surface area contributed by atoms with Crippen molar-refractivity contribution in [2.24, 2.45) is 11.8 Å². The van der Waals surface area contributed by atoms with Gasteiger partial charge in [0.25, 0.3) is 0 Å². The monoisotopic (exact) mass is 496 g/mol. The molecular formula is C28H40N4O4. The summed E-state index contributed by atoms with van der Waals surface area (Å²) >= 11 is 0. The van der Waals surface area contributed by atoms with Crippen LogP contribution in [-0.2, 0) is 0 Å². The van der Waals surface area contributed by atoms with Gasteiger partial charge in [-0.05, 0) is 67.7 Å². The molecule has 2 aromatic rings. The van der Waals surface area contributed by atoms with Gasteiger partial charge in [-0.1, -0.05) is 37.2 Å². The maximum Gasteiger partial charge on any atom is 0.324 e. The number of anilines is 1. The molecule has 0 bridgehead atoms. The van der Waals surface area contributed by atoms with Crippen LogP contribution in [0, 0.1) is 11.8 Å². The summed E-state index contributed by atoms with van der Waals surface area (Å²) in [4.78, 5) is 8.73. The Morgan fingerprint density at radius 2 is 1.86 bits per heavy atom. The Labute approximate surface area is 213 Å². The second-order valence-electron chi connectivity index (χ2n) is 11.0. The number of allylic oxidation sites excluding steroid dienone is 2. The van der Waals surface area contributed by atoms with Crippen molar-refractivity contribution in [2.45, 2.75) is 70.6 Å². The largest absolute Gasteiger partial charge is 0.493 e. The Bertz CT molecular complexity index is 1010. The summed E-state index contributed by atoms with van der Waals surface area (Å²) in [6.45, 7) is 8.06. The average Bonchev–Trinajstić information content (AvgIpc) is 3.58. The number of benzene rings is 1. The molecular weight excluding hydrogens is 456 g/mol. The van der Waals surface area contributed by atoms with Gasteiger partial charge in [0, 0.05) is 38.0 Å². The van der Waals surface area contributed by atoms with Crippen molar-refractivity contribution in [1.29, 1.82) is 0 Å². The van der Waals surface area contributed by atoms with Crippen LogP contribution < -0.4 is 9.64 Å². The Kier molecular flexibility index (Phi) is 7.93. The van der Waals surface area contributed by atoms with E-state index in [9.17, 15) is 10.2 Å². The molecule has 1 aliphatic carbocycles. The number of nitrogens with zero attached hydrogens (tertiary/aromatic N) is 4. The zero-order valence-electron chi connectivity index (χ0n) is 21.6. The zero-order valence-corrected chi connectivity index (χ0v) is 21.6. The fourth-order valence-corrected chi connectivity index (χ4v) is 5.55. The average molecular weight is 497 g/mol. The molecule has 196 valence electrons. The highest BCUT2D eigenvalue weighted by Crippen LogP contribution is 2.34. The van der Waals surface area contributed by atoms with E-state index in [0.717, 1.165) is 76.3 Å². The molecule has 8 nitrogen and oxygen atoms in total. The maximum atomic E-state index is 10.7. The van der Waals surface area contributed by atoms with E-state index in [1.807, 2.05) is 4.90 Å². The Morgan fingerprint density at radius 3 is 2.47 bits per heavy atom. The summed E-state index contributed by atoms with van der Waals surface area (Å²) in [5.74, 6) is 2.72. The number of piperidine rings is 1. The highest BCUT2D eigenvalue weighted by Gasteiger charge is 2.32. The zero-order chi connectivity index (χ0) is 25.1. The summed E-state index contributed by atoms with van der Waals surface area (Å²) < 4.78 is 11.6. The highest BCUT2D eigenvalue weighted by molar-refractivity contribution is 5.66. The quantitative estimate of drug-likeness (QED) is 0.565. The summed E-state index contributed by atoms with van der Waals surface area (Å²) in [7, 11) is 0. The second kappa shape index (κ2) is 11.3. The van der Waals surface area contributed by atoms with E-state index in [-0.39, 0.29) is 17.9 Å². The lowest BCUT2D eigenvalue weighted by molar-refractivity contribution is -0.0345. The van der Waals surface area contributed by atoms with Gasteiger partial charge in [-0.25, -0.2) is 0 Å². The summed E-state index contributed by atoms with van der Waals surface area (Å²) in [6.07, 6.45) is 7.21. The van der Waals surface area contributed by atoms with Crippen molar-refractivity contribution in [1.82, 2.24) is 15.0 Å². The highest BCUT2D eigenvalue weighted by atomic mass is 16.5. The number of aliphatic hydroxyl groups is 2. The molecule has 3 atom stereocenters. The minimum absolute atomic E-state index is 0.241. The minimum Gasteiger partial charge on any atom is -0.493 e. The molecule has 2 saturated heterocycles. The van der Waals surface area contributed by atoms with Crippen molar-refractivity contribution < 1.29 is 19.5 Å². The molecule has 2 aliphatic heterocycles. The topological polar surface area (TPSA) is 95.1 Å². The Hall–Kier alpha value is -2.42. The number of ether oxygens (including phenoxy) is 1. The van der Waals surface area contributed by atoms with Gasteiger partial charge in [0.15, 0.2) is 5.82 Å². The lowest BCUT2D eigenvalue weighted by Gasteiger charge is -2.32. The van der Waals surface area contributed by atoms with Crippen LogP contribution in [0.3, 0.4) is 0 Å². The number of aliphatic hydroxyl groups excluding tert-OH is 2. The molecule has 2 fully saturated rings. The van der Waals surface area contributed by atoms with Crippen LogP contribution in [0.15, 0.2) is 34.9 Å². The standard InChI is InChI=1S/C28H40N4O4/c1-19(2)26-29-28(36-30-26)31-14-11-20(12-15-31)18-35-25-9-7-22(8-10-25)21-3-5-23(6-4-21)27(34)32-16-13-24(33)17-32/h3,7-10,19-20,23-24,27,33-34H,4-6,11-18H2,1-2H3. The molecule has 2 N–H and O–H groups in total. The van der Waals surface area contributed by atoms with Crippen LogP contribution >= 0.6 is 0 Å². The van der Waals surface area contributed by atoms with Crippen molar-refractivity contribution in [3.05, 3.63) is 41.7 Å². The fraction of sp³-hybridized carbons (Fsp3) is 0.643. The van der Waals surface area contributed by atoms with Gasteiger partial charge >= 0.3 is 6.01 Å². The molecule has 0 saturated carbocycles. The SMILES string of the molecule is CC(C)c1noc(N2CCC(COc3ccc(C4=CCC(C(O)N5CCC(O)C5)CC4)cc3)CC2)n1. The lowest BCUT2D eigenvalue weighted by atomic mass is 9.85. The molecule has 1 aromatic carbocycles. The van der Waals surface area contributed by atoms with Crippen LogP contribution in [0.1, 0.15) is 69.7 Å². The van der Waals surface area contributed by atoms with Crippen molar-refractivity contribution in [2.75, 3.05) is 37.7 Å². The Morgan fingerprint density at radius 1 is 1.08 bits per heavy atom. The predicted octanol–water partition coefficient (Wildman–Crippen LogP) is 4.06. The van der Waals surface area contributed by atoms with Crippen LogP contribution in [0.4, 0.5) is 6.01 Å². The van der Waals surface area contributed by atoms with Gasteiger partial charge < -0.3 is 24.4 Å². The number of likely N-dealkylation sites (tertiary alicyclic amines) is 1. The first-order valence-electron chi connectivity index (χ1n) is 13.6. The third-order valence-electron chi connectivity index (χ3n) is 7.99. The maximum absolute atomic E-state index is 10.7. The predicted molar refractivity (Wildman–Crippen MR) is 139 cm³/mol.